The smallest absolute Gasteiger partial charge is 0.164 e. The van der Waals surface area contributed by atoms with E-state index in [4.69, 9.17) is 0 Å². The van der Waals surface area contributed by atoms with Crippen LogP contribution in [0.1, 0.15) is 65.2 Å². The van der Waals surface area contributed by atoms with E-state index in [9.17, 15) is 15.0 Å². The highest BCUT2D eigenvalue weighted by Crippen LogP contribution is 2.65. The second-order valence-electron chi connectivity index (χ2n) is 9.11. The van der Waals surface area contributed by atoms with E-state index in [1.54, 1.807) is 0 Å². The van der Waals surface area contributed by atoms with Crippen molar-refractivity contribution in [2.45, 2.75) is 77.4 Å². The molecule has 0 aromatic rings. The molecule has 3 nitrogen and oxygen atoms in total. The largest absolute Gasteiger partial charge is 0.393 e. The summed E-state index contributed by atoms with van der Waals surface area (Å²) >= 11 is 0. The zero-order chi connectivity index (χ0) is 15.7. The Morgan fingerprint density at radius 3 is 2.32 bits per heavy atom. The molecule has 4 aliphatic rings. The summed E-state index contributed by atoms with van der Waals surface area (Å²) < 4.78 is 0. The summed E-state index contributed by atoms with van der Waals surface area (Å²) in [4.78, 5) is 12.5. The molecule has 0 heterocycles. The highest BCUT2D eigenvalue weighted by molar-refractivity contribution is 5.86. The van der Waals surface area contributed by atoms with Gasteiger partial charge < -0.3 is 10.2 Å². The third kappa shape index (κ3) is 1.78. The lowest BCUT2D eigenvalue weighted by molar-refractivity contribution is -0.161. The van der Waals surface area contributed by atoms with Crippen LogP contribution < -0.4 is 0 Å². The molecule has 4 saturated carbocycles. The zero-order valence-corrected chi connectivity index (χ0v) is 13.9. The summed E-state index contributed by atoms with van der Waals surface area (Å²) in [5.41, 5.74) is 0.205. The van der Waals surface area contributed by atoms with Crippen molar-refractivity contribution in [1.29, 1.82) is 0 Å². The number of Topliss-reactive ketones (excluding diaryl/α,β-unsaturated/α-hetero) is 1. The van der Waals surface area contributed by atoms with Gasteiger partial charge in [0.2, 0.25) is 0 Å². The van der Waals surface area contributed by atoms with Crippen molar-refractivity contribution in [1.82, 2.24) is 0 Å². The Kier molecular flexibility index (Phi) is 3.30. The van der Waals surface area contributed by atoms with Crippen molar-refractivity contribution in [2.75, 3.05) is 0 Å². The fraction of sp³-hybridized carbons (Fsp3) is 0.947. The highest BCUT2D eigenvalue weighted by Gasteiger charge is 2.61. The number of rotatable bonds is 0. The standard InChI is InChI=1S/C19H30O3/c1-18-10-8-15(20)17(22)14(18)4-3-11-12-5-6-16(21)19(12,2)9-7-13(11)18/h11-16,20-21H,3-10H2,1-2H3/t11-,12-,13-,14-,15-,16?,18+,19-/m0/s1. The molecular formula is C19H30O3. The average Bonchev–Trinajstić information content (AvgIpc) is 2.79. The van der Waals surface area contributed by atoms with Crippen LogP contribution >= 0.6 is 0 Å². The van der Waals surface area contributed by atoms with Crippen molar-refractivity contribution >= 4 is 5.78 Å². The number of carbonyl (C=O) groups is 1. The molecule has 0 radical (unpaired) electrons. The Hall–Kier alpha value is -0.410. The van der Waals surface area contributed by atoms with Crippen molar-refractivity contribution < 1.29 is 15.0 Å². The number of fused-ring (bicyclic) bond motifs is 5. The van der Waals surface area contributed by atoms with Gasteiger partial charge in [0.15, 0.2) is 5.78 Å². The van der Waals surface area contributed by atoms with Crippen LogP contribution in [0.4, 0.5) is 0 Å². The molecule has 0 spiro atoms. The van der Waals surface area contributed by atoms with Crippen LogP contribution in [-0.4, -0.2) is 28.2 Å². The molecule has 0 bridgehead atoms. The molecule has 3 heteroatoms. The molecule has 4 fully saturated rings. The first kappa shape index (κ1) is 15.1. The number of aliphatic hydroxyl groups is 2. The van der Waals surface area contributed by atoms with Crippen LogP contribution in [0.15, 0.2) is 0 Å². The molecule has 0 aliphatic heterocycles. The Labute approximate surface area is 133 Å². The summed E-state index contributed by atoms with van der Waals surface area (Å²) in [5.74, 6) is 2.13. The zero-order valence-electron chi connectivity index (χ0n) is 13.9. The molecule has 0 aromatic heterocycles. The first-order valence-corrected chi connectivity index (χ1v) is 9.28. The number of carbonyl (C=O) groups excluding carboxylic acids is 1. The fourth-order valence-corrected chi connectivity index (χ4v) is 7.08. The summed E-state index contributed by atoms with van der Waals surface area (Å²) in [7, 11) is 0. The molecule has 4 aliphatic carbocycles. The van der Waals surface area contributed by atoms with Crippen LogP contribution in [0.2, 0.25) is 0 Å². The van der Waals surface area contributed by atoms with Gasteiger partial charge in [-0.05, 0) is 80.0 Å². The lowest BCUT2D eigenvalue weighted by Gasteiger charge is -2.60. The maximum atomic E-state index is 12.5. The molecule has 0 saturated heterocycles. The van der Waals surface area contributed by atoms with Crippen molar-refractivity contribution in [3.05, 3.63) is 0 Å². The minimum atomic E-state index is -0.711. The number of ketones is 1. The molecule has 1 unspecified atom stereocenters. The number of hydrogen-bond acceptors (Lipinski definition) is 3. The predicted octanol–water partition coefficient (Wildman–Crippen LogP) is 2.93. The van der Waals surface area contributed by atoms with E-state index in [0.717, 1.165) is 44.9 Å². The molecule has 22 heavy (non-hydrogen) atoms. The lowest BCUT2D eigenvalue weighted by atomic mass is 9.45. The van der Waals surface area contributed by atoms with Gasteiger partial charge >= 0.3 is 0 Å². The van der Waals surface area contributed by atoms with Gasteiger partial charge in [0.1, 0.15) is 6.10 Å². The van der Waals surface area contributed by atoms with Crippen molar-refractivity contribution in [2.24, 2.45) is 34.5 Å². The van der Waals surface area contributed by atoms with Gasteiger partial charge in [0, 0.05) is 5.92 Å². The van der Waals surface area contributed by atoms with Gasteiger partial charge in [0.05, 0.1) is 6.10 Å². The summed E-state index contributed by atoms with van der Waals surface area (Å²) in [5, 5.41) is 20.4. The Morgan fingerprint density at radius 2 is 1.55 bits per heavy atom. The van der Waals surface area contributed by atoms with E-state index in [1.807, 2.05) is 0 Å². The second kappa shape index (κ2) is 4.80. The van der Waals surface area contributed by atoms with Gasteiger partial charge in [0.25, 0.3) is 0 Å². The molecule has 0 amide bonds. The van der Waals surface area contributed by atoms with E-state index in [2.05, 4.69) is 13.8 Å². The van der Waals surface area contributed by atoms with Crippen molar-refractivity contribution in [3.63, 3.8) is 0 Å². The number of hydrogen-bond donors (Lipinski definition) is 2. The average molecular weight is 306 g/mol. The van der Waals surface area contributed by atoms with Crippen LogP contribution in [0.3, 0.4) is 0 Å². The maximum Gasteiger partial charge on any atom is 0.164 e. The first-order valence-electron chi connectivity index (χ1n) is 9.28. The molecular weight excluding hydrogens is 276 g/mol. The summed E-state index contributed by atoms with van der Waals surface area (Å²) in [6.45, 7) is 4.63. The Bertz CT molecular complexity index is 489. The Morgan fingerprint density at radius 1 is 0.864 bits per heavy atom. The van der Waals surface area contributed by atoms with E-state index >= 15 is 0 Å². The van der Waals surface area contributed by atoms with E-state index < -0.39 is 6.10 Å². The van der Waals surface area contributed by atoms with Crippen LogP contribution in [0.5, 0.6) is 0 Å². The SMILES string of the molecule is C[C@]12CC[C@H](O)C(=O)[C@@H]1CC[C@@H]1[C@@H]2CC[C@]2(C)C(O)CC[C@@H]12. The van der Waals surface area contributed by atoms with Crippen LogP contribution in [0, 0.1) is 34.5 Å². The quantitative estimate of drug-likeness (QED) is 0.723. The molecule has 2 N–H and O–H groups in total. The Balaban J connectivity index is 1.65. The minimum absolute atomic E-state index is 0.0770. The van der Waals surface area contributed by atoms with Gasteiger partial charge in [-0.3, -0.25) is 4.79 Å². The normalized spacial score (nSPS) is 57.9. The topological polar surface area (TPSA) is 57.5 Å². The third-order valence-corrected chi connectivity index (χ3v) is 8.45. The highest BCUT2D eigenvalue weighted by atomic mass is 16.3. The monoisotopic (exact) mass is 306 g/mol. The maximum absolute atomic E-state index is 12.5. The predicted molar refractivity (Wildman–Crippen MR) is 84.1 cm³/mol. The molecule has 124 valence electrons. The fourth-order valence-electron chi connectivity index (χ4n) is 7.08. The molecule has 0 aromatic carbocycles. The van der Waals surface area contributed by atoms with Crippen LogP contribution in [0.25, 0.3) is 0 Å². The lowest BCUT2D eigenvalue weighted by Crippen LogP contribution is -2.57. The van der Waals surface area contributed by atoms with Gasteiger partial charge in [-0.25, -0.2) is 0 Å². The summed E-state index contributed by atoms with van der Waals surface area (Å²) in [6, 6.07) is 0. The first-order chi connectivity index (χ1) is 10.4. The summed E-state index contributed by atoms with van der Waals surface area (Å²) in [6.07, 6.45) is 7.28. The van der Waals surface area contributed by atoms with Crippen LogP contribution in [-0.2, 0) is 4.79 Å². The van der Waals surface area contributed by atoms with Gasteiger partial charge in [-0.2, -0.15) is 0 Å². The second-order valence-corrected chi connectivity index (χ2v) is 9.11. The molecule has 8 atom stereocenters. The molecule has 4 rings (SSSR count). The van der Waals surface area contributed by atoms with Gasteiger partial charge in [-0.1, -0.05) is 13.8 Å². The van der Waals surface area contributed by atoms with E-state index in [-0.39, 0.29) is 28.6 Å². The van der Waals surface area contributed by atoms with E-state index in [0.29, 0.717) is 24.2 Å². The van der Waals surface area contributed by atoms with Crippen molar-refractivity contribution in [3.8, 4) is 0 Å². The van der Waals surface area contributed by atoms with Gasteiger partial charge in [-0.15, -0.1) is 0 Å². The number of aliphatic hydroxyl groups excluding tert-OH is 2. The minimum Gasteiger partial charge on any atom is -0.393 e. The van der Waals surface area contributed by atoms with E-state index in [1.165, 1.54) is 0 Å². The third-order valence-electron chi connectivity index (χ3n) is 8.45.